The van der Waals surface area contributed by atoms with Gasteiger partial charge in [0.25, 0.3) is 0 Å². The Labute approximate surface area is 251 Å². The monoisotopic (exact) mass is 569 g/mol. The van der Waals surface area contributed by atoms with Crippen LogP contribution in [0, 0.1) is 5.92 Å². The van der Waals surface area contributed by atoms with Gasteiger partial charge in [0.15, 0.2) is 0 Å². The minimum absolute atomic E-state index is 0.143. The summed E-state index contributed by atoms with van der Waals surface area (Å²) < 4.78 is 0. The van der Waals surface area contributed by atoms with Crippen molar-refractivity contribution in [1.29, 1.82) is 0 Å². The van der Waals surface area contributed by atoms with Crippen LogP contribution >= 0.6 is 0 Å². The summed E-state index contributed by atoms with van der Waals surface area (Å²) in [6, 6.07) is 23.0. The second-order valence-corrected chi connectivity index (χ2v) is 14.1. The molecule has 42 heavy (non-hydrogen) atoms. The molecule has 0 aliphatic carbocycles. The summed E-state index contributed by atoms with van der Waals surface area (Å²) >= 11 is 0. The minimum atomic E-state index is -0.887. The Kier molecular flexibility index (Phi) is 10.0. The third-order valence-electron chi connectivity index (χ3n) is 7.25. The molecule has 224 valence electrons. The normalized spacial score (nSPS) is 12.1. The van der Waals surface area contributed by atoms with E-state index in [1.165, 1.54) is 0 Å². The largest absolute Gasteiger partial charge is 0.326 e. The molecule has 0 saturated heterocycles. The number of hydrogen-bond acceptors (Lipinski definition) is 3. The molecule has 3 aromatic carbocycles. The van der Waals surface area contributed by atoms with Gasteiger partial charge in [0.05, 0.1) is 5.92 Å². The van der Waals surface area contributed by atoms with Crippen LogP contribution in [0.1, 0.15) is 91.8 Å². The molecule has 0 radical (unpaired) electrons. The smallest absolute Gasteiger partial charge is 0.228 e. The summed E-state index contributed by atoms with van der Waals surface area (Å²) in [6.07, 6.45) is -0.285. The van der Waals surface area contributed by atoms with Gasteiger partial charge < -0.3 is 16.0 Å². The topological polar surface area (TPSA) is 87.3 Å². The number of amides is 3. The number of para-hydroxylation sites is 3. The van der Waals surface area contributed by atoms with Gasteiger partial charge in [-0.25, -0.2) is 0 Å². The van der Waals surface area contributed by atoms with Crippen molar-refractivity contribution in [2.75, 3.05) is 16.0 Å². The van der Waals surface area contributed by atoms with Crippen LogP contribution in [0.5, 0.6) is 0 Å². The Balaban J connectivity index is 1.88. The summed E-state index contributed by atoms with van der Waals surface area (Å²) in [5.41, 5.74) is 4.48. The lowest BCUT2D eigenvalue weighted by Crippen LogP contribution is -2.32. The van der Waals surface area contributed by atoms with E-state index in [0.29, 0.717) is 17.1 Å². The summed E-state index contributed by atoms with van der Waals surface area (Å²) in [6.45, 7) is 18.7. The first-order valence-electron chi connectivity index (χ1n) is 14.7. The molecule has 6 heteroatoms. The number of benzene rings is 3. The highest BCUT2D eigenvalue weighted by Gasteiger charge is 2.29. The van der Waals surface area contributed by atoms with Crippen molar-refractivity contribution in [1.82, 2.24) is 0 Å². The molecular weight excluding hydrogens is 522 g/mol. The second kappa shape index (κ2) is 12.9. The number of carbonyl (C=O) groups is 3. The van der Waals surface area contributed by atoms with E-state index in [4.69, 9.17) is 0 Å². The molecule has 0 saturated carbocycles. The maximum absolute atomic E-state index is 13.7. The van der Waals surface area contributed by atoms with Crippen LogP contribution in [0.4, 0.5) is 17.1 Å². The molecule has 0 atom stereocenters. The number of nitrogens with one attached hydrogen (secondary N) is 3. The van der Waals surface area contributed by atoms with Crippen LogP contribution in [0.3, 0.4) is 0 Å². The van der Waals surface area contributed by atoms with E-state index in [1.807, 2.05) is 72.8 Å². The maximum atomic E-state index is 13.7. The highest BCUT2D eigenvalue weighted by Crippen LogP contribution is 2.32. The van der Waals surface area contributed by atoms with Gasteiger partial charge >= 0.3 is 0 Å². The van der Waals surface area contributed by atoms with Gasteiger partial charge in [0, 0.05) is 29.9 Å². The van der Waals surface area contributed by atoms with E-state index in [9.17, 15) is 14.4 Å². The number of carbonyl (C=O) groups excluding carboxylic acids is 3. The zero-order valence-corrected chi connectivity index (χ0v) is 26.6. The summed E-state index contributed by atoms with van der Waals surface area (Å²) in [7, 11) is 0. The molecule has 3 rings (SSSR count). The Morgan fingerprint density at radius 1 is 0.500 bits per heavy atom. The predicted molar refractivity (Wildman–Crippen MR) is 174 cm³/mol. The van der Waals surface area contributed by atoms with Gasteiger partial charge in [0.1, 0.15) is 0 Å². The van der Waals surface area contributed by atoms with E-state index in [2.05, 4.69) is 78.3 Å². The third-order valence-corrected chi connectivity index (χ3v) is 7.25. The molecule has 0 spiro atoms. The first-order valence-corrected chi connectivity index (χ1v) is 14.7. The minimum Gasteiger partial charge on any atom is -0.326 e. The lowest BCUT2D eigenvalue weighted by Gasteiger charge is -2.25. The summed E-state index contributed by atoms with van der Waals surface area (Å²) in [5.74, 6) is -1.90. The highest BCUT2D eigenvalue weighted by molar-refractivity contribution is 6.02. The Bertz CT molecular complexity index is 1350. The van der Waals surface area contributed by atoms with E-state index in [1.54, 1.807) is 0 Å². The van der Waals surface area contributed by atoms with Gasteiger partial charge in [0.2, 0.25) is 17.7 Å². The van der Waals surface area contributed by atoms with Crippen LogP contribution in [0.25, 0.3) is 0 Å². The third kappa shape index (κ3) is 8.78. The van der Waals surface area contributed by atoms with Gasteiger partial charge in [-0.05, 0) is 51.1 Å². The van der Waals surface area contributed by atoms with E-state index in [-0.39, 0.29) is 46.8 Å². The van der Waals surface area contributed by atoms with Gasteiger partial charge in [-0.15, -0.1) is 0 Å². The van der Waals surface area contributed by atoms with Crippen molar-refractivity contribution in [3.05, 3.63) is 89.5 Å². The van der Waals surface area contributed by atoms with Crippen molar-refractivity contribution in [2.45, 2.75) is 91.4 Å². The average molecular weight is 570 g/mol. The van der Waals surface area contributed by atoms with Crippen LogP contribution < -0.4 is 16.0 Å². The maximum Gasteiger partial charge on any atom is 0.228 e. The fourth-order valence-electron chi connectivity index (χ4n) is 5.08. The fraction of sp³-hybridized carbons (Fsp3) is 0.417. The molecule has 6 nitrogen and oxygen atoms in total. The Hall–Kier alpha value is -3.93. The van der Waals surface area contributed by atoms with E-state index < -0.39 is 5.92 Å². The molecule has 3 N–H and O–H groups in total. The molecular formula is C36H47N3O3. The van der Waals surface area contributed by atoms with E-state index in [0.717, 1.165) is 16.7 Å². The van der Waals surface area contributed by atoms with Crippen molar-refractivity contribution in [3.8, 4) is 0 Å². The van der Waals surface area contributed by atoms with Gasteiger partial charge in [-0.1, -0.05) is 117 Å². The fourth-order valence-corrected chi connectivity index (χ4v) is 5.08. The molecule has 0 heterocycles. The number of hydrogen-bond donors (Lipinski definition) is 3. The van der Waals surface area contributed by atoms with Crippen LogP contribution in [0.15, 0.2) is 72.8 Å². The Morgan fingerprint density at radius 2 is 0.786 bits per heavy atom. The summed E-state index contributed by atoms with van der Waals surface area (Å²) in [4.78, 5) is 40.5. The molecule has 0 bridgehead atoms. The molecule has 3 amide bonds. The van der Waals surface area contributed by atoms with Gasteiger partial charge in [-0.3, -0.25) is 14.4 Å². The van der Waals surface area contributed by atoms with E-state index >= 15 is 0 Å². The van der Waals surface area contributed by atoms with Crippen molar-refractivity contribution < 1.29 is 14.4 Å². The van der Waals surface area contributed by atoms with Gasteiger partial charge in [-0.2, -0.15) is 0 Å². The van der Waals surface area contributed by atoms with Crippen molar-refractivity contribution in [3.63, 3.8) is 0 Å². The highest BCUT2D eigenvalue weighted by atomic mass is 16.2. The number of anilines is 3. The average Bonchev–Trinajstić information content (AvgIpc) is 2.87. The quantitative estimate of drug-likeness (QED) is 0.256. The molecule has 0 aromatic heterocycles. The molecule has 0 fully saturated rings. The lowest BCUT2D eigenvalue weighted by molar-refractivity contribution is -0.127. The first-order chi connectivity index (χ1) is 19.5. The Morgan fingerprint density at radius 3 is 1.10 bits per heavy atom. The summed E-state index contributed by atoms with van der Waals surface area (Å²) in [5, 5.41) is 9.03. The first kappa shape index (κ1) is 32.6. The number of rotatable bonds is 8. The lowest BCUT2D eigenvalue weighted by atomic mass is 9.85. The molecule has 0 unspecified atom stereocenters. The standard InChI is InChI=1S/C36H47N3O3/c1-34(2,3)25-16-10-13-19-28(25)37-31(40)22-24(33(42)39-30-21-15-12-18-27(30)36(7,8)9)23-32(41)38-29-20-14-11-17-26(29)35(4,5)6/h10-21,24H,22-23H2,1-9H3,(H,37,40)(H,38,41)(H,39,42). The van der Waals surface area contributed by atoms with Crippen molar-refractivity contribution in [2.24, 2.45) is 5.92 Å². The molecule has 0 aliphatic heterocycles. The second-order valence-electron chi connectivity index (χ2n) is 14.1. The van der Waals surface area contributed by atoms with Crippen molar-refractivity contribution >= 4 is 34.8 Å². The SMILES string of the molecule is CC(C)(C)c1ccccc1NC(=O)CC(CC(=O)Nc1ccccc1C(C)(C)C)C(=O)Nc1ccccc1C(C)(C)C. The molecule has 3 aromatic rings. The zero-order valence-electron chi connectivity index (χ0n) is 26.6. The van der Waals surface area contributed by atoms with Crippen LogP contribution in [0.2, 0.25) is 0 Å². The van der Waals surface area contributed by atoms with Crippen LogP contribution in [-0.4, -0.2) is 17.7 Å². The predicted octanol–water partition coefficient (Wildman–Crippen LogP) is 8.19. The zero-order chi connectivity index (χ0) is 31.3. The van der Waals surface area contributed by atoms with Crippen LogP contribution in [-0.2, 0) is 30.6 Å². The molecule has 0 aliphatic rings.